The number of aryl methyl sites for hydroxylation is 1. The van der Waals surface area contributed by atoms with E-state index in [1.165, 1.54) is 12.1 Å². The molecule has 0 bridgehead atoms. The second-order valence-corrected chi connectivity index (χ2v) is 5.94. The van der Waals surface area contributed by atoms with Crippen LogP contribution in [0, 0.1) is 6.92 Å². The van der Waals surface area contributed by atoms with E-state index in [4.69, 9.17) is 23.2 Å². The molecule has 8 heteroatoms. The van der Waals surface area contributed by atoms with Crippen LogP contribution < -0.4 is 4.74 Å². The second kappa shape index (κ2) is 5.42. The molecule has 0 aliphatic carbocycles. The fraction of sp³-hybridized carbons (Fsp3) is 0.286. The Kier molecular flexibility index (Phi) is 4.21. The van der Waals surface area contributed by atoms with Crippen LogP contribution in [0.5, 0.6) is 5.75 Å². The molecule has 0 aliphatic heterocycles. The van der Waals surface area contributed by atoms with Gasteiger partial charge in [0, 0.05) is 5.39 Å². The van der Waals surface area contributed by atoms with E-state index in [2.05, 4.69) is 4.74 Å². The van der Waals surface area contributed by atoms with Crippen molar-refractivity contribution in [2.24, 2.45) is 0 Å². The number of fused-ring (bicyclic) bond motifs is 1. The van der Waals surface area contributed by atoms with E-state index in [0.29, 0.717) is 5.39 Å². The molecule has 0 aromatic heterocycles. The van der Waals surface area contributed by atoms with Crippen molar-refractivity contribution in [1.29, 1.82) is 0 Å². The van der Waals surface area contributed by atoms with Crippen LogP contribution in [0.2, 0.25) is 0 Å². The Morgan fingerprint density at radius 3 is 1.95 bits per heavy atom. The highest BCUT2D eigenvalue weighted by molar-refractivity contribution is 6.49. The Labute approximate surface area is 132 Å². The predicted molar refractivity (Wildman–Crippen MR) is 74.8 cm³/mol. The van der Waals surface area contributed by atoms with Crippen molar-refractivity contribution < 1.29 is 26.7 Å². The summed E-state index contributed by atoms with van der Waals surface area (Å²) in [7, 11) is 0. The molecule has 2 rings (SSSR count). The fourth-order valence-corrected chi connectivity index (χ4v) is 1.96. The van der Waals surface area contributed by atoms with Crippen molar-refractivity contribution >= 4 is 34.0 Å². The molecule has 0 N–H and O–H groups in total. The third-order valence-electron chi connectivity index (χ3n) is 3.06. The molecule has 22 heavy (non-hydrogen) atoms. The second-order valence-electron chi connectivity index (χ2n) is 4.62. The Hall–Kier alpha value is -1.27. The lowest BCUT2D eigenvalue weighted by atomic mass is 10.0. The van der Waals surface area contributed by atoms with Crippen molar-refractivity contribution in [3.8, 4) is 5.75 Å². The van der Waals surface area contributed by atoms with Crippen LogP contribution in [0.25, 0.3) is 10.8 Å². The van der Waals surface area contributed by atoms with Crippen LogP contribution in [0.3, 0.4) is 0 Å². The monoisotopic (exact) mass is 358 g/mol. The lowest BCUT2D eigenvalue weighted by Gasteiger charge is -2.31. The zero-order valence-corrected chi connectivity index (χ0v) is 12.5. The maximum absolute atomic E-state index is 13.8. The van der Waals surface area contributed by atoms with Crippen LogP contribution in [0.4, 0.5) is 22.0 Å². The summed E-state index contributed by atoms with van der Waals surface area (Å²) in [6.07, 6.45) is -10.4. The van der Waals surface area contributed by atoms with Gasteiger partial charge in [-0.2, -0.15) is 22.0 Å². The van der Waals surface area contributed by atoms with E-state index in [9.17, 15) is 22.0 Å². The molecule has 0 amide bonds. The molecule has 0 fully saturated rings. The summed E-state index contributed by atoms with van der Waals surface area (Å²) in [6, 6.07) is 8.89. The van der Waals surface area contributed by atoms with Gasteiger partial charge in [0.15, 0.2) is 0 Å². The first-order valence-corrected chi connectivity index (χ1v) is 6.73. The van der Waals surface area contributed by atoms with Crippen LogP contribution in [-0.2, 0) is 0 Å². The number of benzene rings is 2. The van der Waals surface area contributed by atoms with Gasteiger partial charge in [0.1, 0.15) is 5.75 Å². The van der Waals surface area contributed by atoms with Gasteiger partial charge in [-0.15, -0.1) is 0 Å². The lowest BCUT2D eigenvalue weighted by Crippen LogP contribution is -2.53. The number of ether oxygens (including phenoxy) is 1. The first-order valence-electron chi connectivity index (χ1n) is 5.97. The minimum atomic E-state index is -5.57. The topological polar surface area (TPSA) is 9.23 Å². The zero-order valence-electron chi connectivity index (χ0n) is 11.0. The van der Waals surface area contributed by atoms with Crippen molar-refractivity contribution in [2.45, 2.75) is 23.5 Å². The molecule has 0 heterocycles. The maximum atomic E-state index is 13.8. The normalized spacial score (nSPS) is 13.5. The molecule has 1 nitrogen and oxygen atoms in total. The van der Waals surface area contributed by atoms with Gasteiger partial charge in [-0.05, 0) is 23.9 Å². The average Bonchev–Trinajstić information content (AvgIpc) is 2.41. The largest absolute Gasteiger partial charge is 0.441 e. The molecule has 0 radical (unpaired) electrons. The maximum Gasteiger partial charge on any atom is 0.441 e. The minimum Gasteiger partial charge on any atom is -0.429 e. The van der Waals surface area contributed by atoms with Gasteiger partial charge in [0.05, 0.1) is 0 Å². The van der Waals surface area contributed by atoms with E-state index >= 15 is 0 Å². The minimum absolute atomic E-state index is 0.230. The van der Waals surface area contributed by atoms with Gasteiger partial charge < -0.3 is 4.74 Å². The van der Waals surface area contributed by atoms with Crippen molar-refractivity contribution in [3.63, 3.8) is 0 Å². The molecular formula is C14H9Cl2F5O. The predicted octanol–water partition coefficient (Wildman–Crippen LogP) is 5.86. The van der Waals surface area contributed by atoms with Crippen molar-refractivity contribution in [3.05, 3.63) is 42.0 Å². The standard InChI is InChI=1S/C14H9Cl2F5O/c1-8-6-7-11(10-5-3-2-4-9(8)10)22-14(20,21)12(15,16)13(17,18)19/h2-7H,1H3. The Balaban J connectivity index is 2.49. The molecule has 2 aromatic rings. The molecule has 2 aromatic carbocycles. The van der Waals surface area contributed by atoms with Gasteiger partial charge in [0.25, 0.3) is 0 Å². The lowest BCUT2D eigenvalue weighted by molar-refractivity contribution is -0.263. The molecule has 0 spiro atoms. The third kappa shape index (κ3) is 2.82. The average molecular weight is 359 g/mol. The van der Waals surface area contributed by atoms with Crippen LogP contribution in [0.1, 0.15) is 5.56 Å². The number of hydrogen-bond acceptors (Lipinski definition) is 1. The fourth-order valence-electron chi connectivity index (χ4n) is 1.88. The molecule has 0 saturated carbocycles. The van der Waals surface area contributed by atoms with Crippen molar-refractivity contribution in [2.75, 3.05) is 0 Å². The highest BCUT2D eigenvalue weighted by atomic mass is 35.5. The Morgan fingerprint density at radius 1 is 0.864 bits per heavy atom. The first kappa shape index (κ1) is 17.1. The third-order valence-corrected chi connectivity index (χ3v) is 3.93. The SMILES string of the molecule is Cc1ccc(OC(F)(F)C(Cl)(Cl)C(F)(F)F)c2ccccc12. The zero-order chi connectivity index (χ0) is 16.8. The Morgan fingerprint density at radius 2 is 1.41 bits per heavy atom. The van der Waals surface area contributed by atoms with E-state index in [0.717, 1.165) is 11.6 Å². The summed E-state index contributed by atoms with van der Waals surface area (Å²) < 4.78 is 65.2. The molecule has 0 saturated heterocycles. The molecule has 0 unspecified atom stereocenters. The van der Waals surface area contributed by atoms with Crippen LogP contribution >= 0.6 is 23.2 Å². The number of hydrogen-bond donors (Lipinski definition) is 0. The highest BCUT2D eigenvalue weighted by Gasteiger charge is 2.71. The van der Waals surface area contributed by atoms with E-state index in [1.807, 2.05) is 0 Å². The summed E-state index contributed by atoms with van der Waals surface area (Å²) in [6.45, 7) is 1.73. The van der Waals surface area contributed by atoms with Gasteiger partial charge in [-0.3, -0.25) is 0 Å². The van der Waals surface area contributed by atoms with Crippen LogP contribution in [-0.4, -0.2) is 16.6 Å². The molecular weight excluding hydrogens is 350 g/mol. The van der Waals surface area contributed by atoms with Gasteiger partial charge in [-0.25, -0.2) is 0 Å². The van der Waals surface area contributed by atoms with Gasteiger partial charge >= 0.3 is 16.6 Å². The first-order chi connectivity index (χ1) is 9.97. The number of halogens is 7. The summed E-state index contributed by atoms with van der Waals surface area (Å²) in [4.78, 5) is 0. The van der Waals surface area contributed by atoms with Gasteiger partial charge in [-0.1, -0.05) is 53.5 Å². The molecule has 120 valence electrons. The van der Waals surface area contributed by atoms with E-state index in [-0.39, 0.29) is 5.39 Å². The summed E-state index contributed by atoms with van der Waals surface area (Å²) >= 11 is 9.60. The highest BCUT2D eigenvalue weighted by Crippen LogP contribution is 2.51. The van der Waals surface area contributed by atoms with E-state index in [1.54, 1.807) is 25.1 Å². The Bertz CT molecular complexity index is 697. The molecule has 0 atom stereocenters. The quantitative estimate of drug-likeness (QED) is 0.493. The molecule has 0 aliphatic rings. The summed E-state index contributed by atoms with van der Waals surface area (Å²) in [5, 5.41) is 0.797. The summed E-state index contributed by atoms with van der Waals surface area (Å²) in [5.41, 5.74) is 0.755. The number of rotatable bonds is 3. The summed E-state index contributed by atoms with van der Waals surface area (Å²) in [5.74, 6) is -0.443. The smallest absolute Gasteiger partial charge is 0.429 e. The van der Waals surface area contributed by atoms with Crippen molar-refractivity contribution in [1.82, 2.24) is 0 Å². The number of alkyl halides is 7. The van der Waals surface area contributed by atoms with Gasteiger partial charge in [0.2, 0.25) is 0 Å². The van der Waals surface area contributed by atoms with E-state index < -0.39 is 22.4 Å². The van der Waals surface area contributed by atoms with Crippen LogP contribution in [0.15, 0.2) is 36.4 Å².